The number of halogens is 1. The molecular weight excluding hydrogens is 528 g/mol. The third-order valence-electron chi connectivity index (χ3n) is 6.78. The molecule has 1 aliphatic heterocycles. The predicted molar refractivity (Wildman–Crippen MR) is 149 cm³/mol. The second-order valence-corrected chi connectivity index (χ2v) is 10.3. The van der Waals surface area contributed by atoms with Crippen molar-refractivity contribution in [1.82, 2.24) is 0 Å². The molecule has 1 aliphatic rings. The van der Waals surface area contributed by atoms with Crippen LogP contribution in [0.3, 0.4) is 0 Å². The van der Waals surface area contributed by atoms with Gasteiger partial charge in [0, 0.05) is 31.3 Å². The van der Waals surface area contributed by atoms with Crippen LogP contribution < -0.4 is 11.1 Å². The average Bonchev–Trinajstić information content (AvgIpc) is 2.88. The Bertz CT molecular complexity index is 1130. The first-order valence-electron chi connectivity index (χ1n) is 12.6. The summed E-state index contributed by atoms with van der Waals surface area (Å²) in [5.41, 5.74) is 6.42. The zero-order valence-electron chi connectivity index (χ0n) is 23.1. The number of primary amides is 1. The number of hydrogen-bond donors (Lipinski definition) is 5. The van der Waals surface area contributed by atoms with Gasteiger partial charge in [0.1, 0.15) is 17.6 Å². The molecule has 11 heteroatoms. The summed E-state index contributed by atoms with van der Waals surface area (Å²) in [6.07, 6.45) is 2.82. The number of hydrogen-bond acceptors (Lipinski definition) is 8. The monoisotopic (exact) mass is 566 g/mol. The number of carbonyl (C=O) groups is 2. The number of fused-ring (bicyclic) bond motifs is 2. The molecule has 2 amide bonds. The summed E-state index contributed by atoms with van der Waals surface area (Å²) in [4.78, 5) is 24.5. The van der Waals surface area contributed by atoms with Crippen molar-refractivity contribution in [3.63, 3.8) is 0 Å². The van der Waals surface area contributed by atoms with E-state index in [-0.39, 0.29) is 45.7 Å². The lowest BCUT2D eigenvalue weighted by Crippen LogP contribution is -2.37. The summed E-state index contributed by atoms with van der Waals surface area (Å²) in [6, 6.07) is 1.27. The molecule has 0 saturated heterocycles. The van der Waals surface area contributed by atoms with Crippen LogP contribution in [0.25, 0.3) is 0 Å². The van der Waals surface area contributed by atoms with Crippen molar-refractivity contribution >= 4 is 29.3 Å². The van der Waals surface area contributed by atoms with Crippen LogP contribution in [-0.2, 0) is 25.4 Å². The fraction of sp³-hybridized carbons (Fsp3) is 0.500. The summed E-state index contributed by atoms with van der Waals surface area (Å²) in [6.45, 7) is 6.99. The zero-order chi connectivity index (χ0) is 29.4. The van der Waals surface area contributed by atoms with E-state index < -0.39 is 42.3 Å². The largest absolute Gasteiger partial charge is 0.506 e. The topological polar surface area (TPSA) is 161 Å². The number of amides is 2. The molecule has 0 fully saturated rings. The summed E-state index contributed by atoms with van der Waals surface area (Å²) in [7, 11) is 2.93. The van der Waals surface area contributed by atoms with Crippen LogP contribution in [0.5, 0.6) is 11.5 Å². The maximum Gasteiger partial charge on any atom is 0.405 e. The Morgan fingerprint density at radius 3 is 2.41 bits per heavy atom. The minimum atomic E-state index is -0.993. The van der Waals surface area contributed by atoms with Crippen molar-refractivity contribution in [3.8, 4) is 11.5 Å². The molecule has 0 aliphatic carbocycles. The standard InChI is InChI=1S/C28H39ClN2O8/c1-14-10-18-24(33)19(29)13-20(25(18)34)31-27(35)15(2)8-7-9-21(37-5)26(39-28(30)36)17(4)12-16(3)23(32)22(11-14)38-6/h7-9,12-14,16,21-23,26,32-34H,10-11H2,1-6H3,(H2,30,36)(H,31,35). The molecule has 1 aromatic rings. The number of methoxy groups -OCH3 is 2. The van der Waals surface area contributed by atoms with Crippen LogP contribution >= 0.6 is 11.6 Å². The van der Waals surface area contributed by atoms with Crippen LogP contribution in [0.1, 0.15) is 39.7 Å². The molecule has 2 rings (SSSR count). The number of nitrogens with two attached hydrogens (primary N) is 1. The van der Waals surface area contributed by atoms with Gasteiger partial charge in [0.2, 0.25) is 0 Å². The van der Waals surface area contributed by atoms with Crippen LogP contribution in [0.15, 0.2) is 41.5 Å². The second kappa shape index (κ2) is 14.4. The Labute approximate surface area is 234 Å². The highest BCUT2D eigenvalue weighted by molar-refractivity contribution is 6.32. The van der Waals surface area contributed by atoms with Crippen molar-refractivity contribution in [2.24, 2.45) is 17.6 Å². The van der Waals surface area contributed by atoms with E-state index in [2.05, 4.69) is 5.32 Å². The maximum atomic E-state index is 12.8. The number of allylic oxidation sites excluding steroid dienone is 2. The van der Waals surface area contributed by atoms with Crippen molar-refractivity contribution < 1.29 is 39.1 Å². The molecule has 6 unspecified atom stereocenters. The maximum absolute atomic E-state index is 12.8. The van der Waals surface area contributed by atoms with E-state index in [1.165, 1.54) is 26.4 Å². The number of phenolic OH excluding ortho intramolecular Hbond substituents is 2. The first kappa shape index (κ1) is 32.2. The van der Waals surface area contributed by atoms with Crippen molar-refractivity contribution in [2.45, 2.75) is 65.0 Å². The lowest BCUT2D eigenvalue weighted by atomic mass is 9.88. The van der Waals surface area contributed by atoms with Gasteiger partial charge < -0.3 is 40.6 Å². The summed E-state index contributed by atoms with van der Waals surface area (Å²) in [5, 5.41) is 35.2. The van der Waals surface area contributed by atoms with E-state index in [1.807, 2.05) is 6.92 Å². The molecule has 0 saturated carbocycles. The lowest BCUT2D eigenvalue weighted by Gasteiger charge is -2.29. The Morgan fingerprint density at radius 1 is 1.15 bits per heavy atom. The number of phenols is 2. The molecular formula is C28H39ClN2O8. The minimum absolute atomic E-state index is 0.0290. The summed E-state index contributed by atoms with van der Waals surface area (Å²) < 4.78 is 16.5. The van der Waals surface area contributed by atoms with E-state index in [4.69, 9.17) is 31.5 Å². The molecule has 10 nitrogen and oxygen atoms in total. The minimum Gasteiger partial charge on any atom is -0.506 e. The quantitative estimate of drug-likeness (QED) is 0.206. The third-order valence-corrected chi connectivity index (χ3v) is 7.06. The zero-order valence-corrected chi connectivity index (χ0v) is 23.9. The highest BCUT2D eigenvalue weighted by atomic mass is 35.5. The third kappa shape index (κ3) is 8.47. The molecule has 1 aromatic carbocycles. The smallest absolute Gasteiger partial charge is 0.405 e. The number of ether oxygens (including phenoxy) is 3. The normalized spacial score (nSPS) is 27.3. The van der Waals surface area contributed by atoms with Gasteiger partial charge in [0.05, 0.1) is 22.9 Å². The van der Waals surface area contributed by atoms with Gasteiger partial charge in [-0.1, -0.05) is 49.8 Å². The molecule has 1 heterocycles. The number of aromatic hydroxyl groups is 2. The van der Waals surface area contributed by atoms with Gasteiger partial charge in [-0.05, 0) is 44.2 Å². The molecule has 0 radical (unpaired) electrons. The molecule has 0 aromatic heterocycles. The van der Waals surface area contributed by atoms with Crippen LogP contribution in [0, 0.1) is 11.8 Å². The van der Waals surface area contributed by atoms with E-state index >= 15 is 0 Å². The molecule has 39 heavy (non-hydrogen) atoms. The highest BCUT2D eigenvalue weighted by Crippen LogP contribution is 2.42. The number of rotatable bonds is 3. The number of nitrogens with one attached hydrogen (secondary N) is 1. The average molecular weight is 567 g/mol. The Morgan fingerprint density at radius 2 is 1.82 bits per heavy atom. The number of anilines is 1. The molecule has 0 spiro atoms. The Balaban J connectivity index is 2.62. The number of carbonyl (C=O) groups excluding carboxylic acids is 2. The van der Waals surface area contributed by atoms with Crippen LogP contribution in [0.2, 0.25) is 5.02 Å². The van der Waals surface area contributed by atoms with E-state index in [9.17, 15) is 24.9 Å². The lowest BCUT2D eigenvalue weighted by molar-refractivity contribution is -0.112. The van der Waals surface area contributed by atoms with Crippen LogP contribution in [0.4, 0.5) is 10.5 Å². The predicted octanol–water partition coefficient (Wildman–Crippen LogP) is 4.21. The number of benzene rings is 1. The van der Waals surface area contributed by atoms with Gasteiger partial charge in [0.25, 0.3) is 5.91 Å². The van der Waals surface area contributed by atoms with E-state index in [0.29, 0.717) is 12.0 Å². The first-order valence-corrected chi connectivity index (χ1v) is 13.0. The molecule has 2 bridgehead atoms. The van der Waals surface area contributed by atoms with Gasteiger partial charge in [-0.3, -0.25) is 4.79 Å². The fourth-order valence-corrected chi connectivity index (χ4v) is 4.80. The van der Waals surface area contributed by atoms with Gasteiger partial charge in [-0.2, -0.15) is 0 Å². The van der Waals surface area contributed by atoms with Gasteiger partial charge in [-0.25, -0.2) is 4.79 Å². The van der Waals surface area contributed by atoms with Crippen molar-refractivity contribution in [1.29, 1.82) is 0 Å². The summed E-state index contributed by atoms with van der Waals surface area (Å²) in [5.74, 6) is -1.70. The van der Waals surface area contributed by atoms with Gasteiger partial charge in [-0.15, -0.1) is 0 Å². The Hall–Kier alpha value is -3.05. The first-order chi connectivity index (χ1) is 18.3. The second-order valence-electron chi connectivity index (χ2n) is 9.91. The van der Waals surface area contributed by atoms with Gasteiger partial charge >= 0.3 is 6.09 Å². The Kier molecular flexibility index (Phi) is 11.8. The van der Waals surface area contributed by atoms with Crippen LogP contribution in [-0.4, -0.2) is 66.0 Å². The summed E-state index contributed by atoms with van der Waals surface area (Å²) >= 11 is 6.22. The molecule has 6 atom stereocenters. The molecule has 6 N–H and O–H groups in total. The highest BCUT2D eigenvalue weighted by Gasteiger charge is 2.30. The number of aliphatic hydroxyl groups is 1. The van der Waals surface area contributed by atoms with Gasteiger partial charge in [0.15, 0.2) is 6.10 Å². The van der Waals surface area contributed by atoms with Crippen molar-refractivity contribution in [3.05, 3.63) is 52.1 Å². The van der Waals surface area contributed by atoms with Crippen molar-refractivity contribution in [2.75, 3.05) is 19.5 Å². The molecule has 216 valence electrons. The number of aliphatic hydroxyl groups excluding tert-OH is 1. The fourth-order valence-electron chi connectivity index (χ4n) is 4.57. The van der Waals surface area contributed by atoms with E-state index in [0.717, 1.165) is 0 Å². The van der Waals surface area contributed by atoms with E-state index in [1.54, 1.807) is 39.0 Å². The SMILES string of the molecule is COC1C=CC=C(C)C(=O)Nc2cc(Cl)c(O)c(c2O)CC(C)CC(OC)C(O)C(C)C=C(C)C1OC(N)=O.